The molecule has 2 aliphatic rings. The lowest BCUT2D eigenvalue weighted by Gasteiger charge is -2.29. The van der Waals surface area contributed by atoms with Crippen LogP contribution in [0, 0.1) is 11.8 Å². The maximum atomic E-state index is 11.8. The Balaban J connectivity index is 2.03. The van der Waals surface area contributed by atoms with Crippen molar-refractivity contribution < 1.29 is 9.90 Å². The van der Waals surface area contributed by atoms with Gasteiger partial charge in [0.1, 0.15) is 0 Å². The lowest BCUT2D eigenvalue weighted by atomic mass is 9.86. The topological polar surface area (TPSA) is 49.3 Å². The number of amides is 1. The highest BCUT2D eigenvalue weighted by atomic mass is 16.3. The smallest absolute Gasteiger partial charge is 0.226 e. The first kappa shape index (κ1) is 9.85. The van der Waals surface area contributed by atoms with Crippen LogP contribution in [0.15, 0.2) is 30.3 Å². The minimum absolute atomic E-state index is 0.00482. The lowest BCUT2D eigenvalue weighted by molar-refractivity contribution is -0.124. The van der Waals surface area contributed by atoms with E-state index in [4.69, 9.17) is 0 Å². The third-order valence-corrected chi connectivity index (χ3v) is 3.92. The van der Waals surface area contributed by atoms with Crippen LogP contribution in [0.5, 0.6) is 0 Å². The molecule has 1 aromatic carbocycles. The second kappa shape index (κ2) is 3.32. The summed E-state index contributed by atoms with van der Waals surface area (Å²) < 4.78 is 0. The normalized spacial score (nSPS) is 37.2. The molecule has 1 aliphatic heterocycles. The Morgan fingerprint density at radius 3 is 2.75 bits per heavy atom. The molecular formula is C13H15NO2. The van der Waals surface area contributed by atoms with Crippen molar-refractivity contribution in [3.8, 4) is 0 Å². The average Bonchev–Trinajstić information content (AvgIpc) is 2.86. The summed E-state index contributed by atoms with van der Waals surface area (Å²) >= 11 is 0. The summed E-state index contributed by atoms with van der Waals surface area (Å²) in [5, 5.41) is 13.4. The van der Waals surface area contributed by atoms with Crippen LogP contribution >= 0.6 is 0 Å². The minimum Gasteiger partial charge on any atom is -0.367 e. The summed E-state index contributed by atoms with van der Waals surface area (Å²) in [5.74, 6) is 0.0569. The van der Waals surface area contributed by atoms with Gasteiger partial charge in [-0.25, -0.2) is 0 Å². The molecule has 1 aromatic rings. The van der Waals surface area contributed by atoms with Gasteiger partial charge in [0, 0.05) is 17.4 Å². The summed E-state index contributed by atoms with van der Waals surface area (Å²) in [7, 11) is 0. The molecule has 3 rings (SSSR count). The molecule has 16 heavy (non-hydrogen) atoms. The van der Waals surface area contributed by atoms with Crippen LogP contribution in [0.25, 0.3) is 0 Å². The molecule has 1 saturated carbocycles. The third-order valence-electron chi connectivity index (χ3n) is 3.92. The molecule has 3 heteroatoms. The van der Waals surface area contributed by atoms with Gasteiger partial charge in [-0.15, -0.1) is 0 Å². The first-order chi connectivity index (χ1) is 7.72. The summed E-state index contributed by atoms with van der Waals surface area (Å²) in [6.07, 6.45) is 2.87. The number of carbonyl (C=O) groups is 1. The number of hydrogen-bond acceptors (Lipinski definition) is 2. The van der Waals surface area contributed by atoms with E-state index in [1.807, 2.05) is 30.3 Å². The number of benzene rings is 1. The van der Waals surface area contributed by atoms with E-state index < -0.39 is 5.72 Å². The van der Waals surface area contributed by atoms with Crippen molar-refractivity contribution in [3.63, 3.8) is 0 Å². The van der Waals surface area contributed by atoms with Crippen LogP contribution in [-0.4, -0.2) is 11.0 Å². The Morgan fingerprint density at radius 2 is 2.00 bits per heavy atom. The molecule has 0 bridgehead atoms. The van der Waals surface area contributed by atoms with E-state index >= 15 is 0 Å². The Kier molecular flexibility index (Phi) is 2.04. The summed E-state index contributed by atoms with van der Waals surface area (Å²) in [6.45, 7) is 0. The fourth-order valence-corrected chi connectivity index (χ4v) is 3.13. The number of nitrogens with one attached hydrogen (secondary N) is 1. The average molecular weight is 217 g/mol. The van der Waals surface area contributed by atoms with E-state index in [0.717, 1.165) is 24.8 Å². The fourth-order valence-electron chi connectivity index (χ4n) is 3.13. The zero-order valence-electron chi connectivity index (χ0n) is 9.02. The minimum atomic E-state index is -1.14. The molecule has 1 amide bonds. The van der Waals surface area contributed by atoms with Crippen molar-refractivity contribution in [1.29, 1.82) is 0 Å². The summed E-state index contributed by atoms with van der Waals surface area (Å²) in [4.78, 5) is 11.8. The molecule has 1 aliphatic carbocycles. The quantitative estimate of drug-likeness (QED) is 0.746. The molecule has 84 valence electrons. The predicted octanol–water partition coefficient (Wildman–Crippen LogP) is 1.38. The molecule has 3 unspecified atom stereocenters. The first-order valence-electron chi connectivity index (χ1n) is 5.82. The van der Waals surface area contributed by atoms with E-state index in [2.05, 4.69) is 5.32 Å². The number of hydrogen-bond donors (Lipinski definition) is 2. The van der Waals surface area contributed by atoms with Gasteiger partial charge in [0.15, 0.2) is 5.72 Å². The Morgan fingerprint density at radius 1 is 1.25 bits per heavy atom. The van der Waals surface area contributed by atoms with Gasteiger partial charge in [0.2, 0.25) is 5.91 Å². The highest BCUT2D eigenvalue weighted by Crippen LogP contribution is 2.47. The van der Waals surface area contributed by atoms with Crippen molar-refractivity contribution in [2.75, 3.05) is 0 Å². The van der Waals surface area contributed by atoms with Gasteiger partial charge in [0.25, 0.3) is 0 Å². The Labute approximate surface area is 94.5 Å². The number of fused-ring (bicyclic) bond motifs is 1. The molecule has 0 aromatic heterocycles. The lowest BCUT2D eigenvalue weighted by Crippen LogP contribution is -2.42. The molecule has 1 saturated heterocycles. The van der Waals surface area contributed by atoms with Crippen LogP contribution in [-0.2, 0) is 10.5 Å². The zero-order valence-corrected chi connectivity index (χ0v) is 9.02. The Bertz CT molecular complexity index is 417. The van der Waals surface area contributed by atoms with Gasteiger partial charge in [0.05, 0.1) is 0 Å². The van der Waals surface area contributed by atoms with Gasteiger partial charge in [-0.2, -0.15) is 0 Å². The van der Waals surface area contributed by atoms with Crippen molar-refractivity contribution in [2.45, 2.75) is 25.0 Å². The van der Waals surface area contributed by atoms with Crippen LogP contribution in [0.2, 0.25) is 0 Å². The highest BCUT2D eigenvalue weighted by Gasteiger charge is 2.54. The molecule has 3 nitrogen and oxygen atoms in total. The van der Waals surface area contributed by atoms with Crippen molar-refractivity contribution >= 4 is 5.91 Å². The molecule has 0 spiro atoms. The number of rotatable bonds is 1. The van der Waals surface area contributed by atoms with Crippen molar-refractivity contribution in [2.24, 2.45) is 11.8 Å². The van der Waals surface area contributed by atoms with E-state index in [1.54, 1.807) is 0 Å². The fraction of sp³-hybridized carbons (Fsp3) is 0.462. The van der Waals surface area contributed by atoms with Crippen molar-refractivity contribution in [1.82, 2.24) is 5.32 Å². The number of aliphatic hydroxyl groups is 1. The Hall–Kier alpha value is -1.35. The second-order valence-corrected chi connectivity index (χ2v) is 4.77. The van der Waals surface area contributed by atoms with Gasteiger partial charge in [-0.3, -0.25) is 4.79 Å². The molecule has 2 N–H and O–H groups in total. The third kappa shape index (κ3) is 1.21. The van der Waals surface area contributed by atoms with E-state index in [1.165, 1.54) is 0 Å². The maximum absolute atomic E-state index is 11.8. The largest absolute Gasteiger partial charge is 0.367 e. The van der Waals surface area contributed by atoms with Crippen LogP contribution in [0.4, 0.5) is 0 Å². The van der Waals surface area contributed by atoms with E-state index in [-0.39, 0.29) is 17.7 Å². The van der Waals surface area contributed by atoms with Crippen LogP contribution in [0.3, 0.4) is 0 Å². The molecule has 2 fully saturated rings. The molecule has 1 heterocycles. The van der Waals surface area contributed by atoms with Gasteiger partial charge in [-0.05, 0) is 12.8 Å². The summed E-state index contributed by atoms with van der Waals surface area (Å²) in [5.41, 5.74) is -0.336. The molecule has 3 atom stereocenters. The standard InChI is InChI=1S/C13H15NO2/c15-12-10-7-4-8-11(10)13(16,14-12)9-5-2-1-3-6-9/h1-3,5-6,10-11,16H,4,7-8H2,(H,14,15). The number of carbonyl (C=O) groups excluding carboxylic acids is 1. The molecule has 0 radical (unpaired) electrons. The highest BCUT2D eigenvalue weighted by molar-refractivity contribution is 5.83. The van der Waals surface area contributed by atoms with E-state index in [0.29, 0.717) is 0 Å². The maximum Gasteiger partial charge on any atom is 0.226 e. The summed E-state index contributed by atoms with van der Waals surface area (Å²) in [6, 6.07) is 9.45. The van der Waals surface area contributed by atoms with E-state index in [9.17, 15) is 9.90 Å². The van der Waals surface area contributed by atoms with Gasteiger partial charge < -0.3 is 10.4 Å². The monoisotopic (exact) mass is 217 g/mol. The van der Waals surface area contributed by atoms with Gasteiger partial charge in [-0.1, -0.05) is 36.8 Å². The zero-order chi connectivity index (χ0) is 11.2. The predicted molar refractivity (Wildman–Crippen MR) is 59.3 cm³/mol. The van der Waals surface area contributed by atoms with Crippen molar-refractivity contribution in [3.05, 3.63) is 35.9 Å². The second-order valence-electron chi connectivity index (χ2n) is 4.77. The van der Waals surface area contributed by atoms with Crippen LogP contribution in [0.1, 0.15) is 24.8 Å². The SMILES string of the molecule is O=C1NC(O)(c2ccccc2)C2CCCC12. The first-order valence-corrected chi connectivity index (χ1v) is 5.82. The van der Waals surface area contributed by atoms with Gasteiger partial charge >= 0.3 is 0 Å². The molecular weight excluding hydrogens is 202 g/mol. The van der Waals surface area contributed by atoms with Crippen LogP contribution < -0.4 is 5.32 Å².